The normalized spacial score (nSPS) is 11.4. The van der Waals surface area contributed by atoms with E-state index in [9.17, 15) is 5.11 Å². The number of aliphatic hydroxyl groups excluding tert-OH is 1. The molecule has 0 amide bonds. The van der Waals surface area contributed by atoms with Crippen molar-refractivity contribution in [3.05, 3.63) is 65.7 Å². The van der Waals surface area contributed by atoms with Crippen molar-refractivity contribution in [1.29, 1.82) is 0 Å². The topological polar surface area (TPSA) is 53.5 Å². The van der Waals surface area contributed by atoms with Crippen LogP contribution in [0.15, 0.2) is 54.6 Å². The highest BCUT2D eigenvalue weighted by molar-refractivity contribution is 5.85. The lowest BCUT2D eigenvalue weighted by Gasteiger charge is -2.15. The van der Waals surface area contributed by atoms with Gasteiger partial charge >= 0.3 is 0 Å². The average molecular weight is 429 g/mol. The van der Waals surface area contributed by atoms with Gasteiger partial charge in [-0.25, -0.2) is 0 Å². The smallest absolute Gasteiger partial charge is 0.119 e. The minimum Gasteiger partial charge on any atom is -0.491 e. The molecule has 0 heterocycles. The Hall–Kier alpha value is -1.30. The predicted octanol–water partition coefficient (Wildman–Crippen LogP) is 3.64. The molecule has 3 N–H and O–H groups in total. The van der Waals surface area contributed by atoms with E-state index in [4.69, 9.17) is 4.74 Å². The second kappa shape index (κ2) is 15.6. The van der Waals surface area contributed by atoms with Crippen LogP contribution in [0.2, 0.25) is 0 Å². The molecule has 0 aliphatic carbocycles. The van der Waals surface area contributed by atoms with Crippen molar-refractivity contribution in [1.82, 2.24) is 10.6 Å². The lowest BCUT2D eigenvalue weighted by molar-refractivity contribution is 0.104. The number of aliphatic hydroxyl groups is 1. The Bertz CT molecular complexity index is 610. The van der Waals surface area contributed by atoms with Crippen molar-refractivity contribution < 1.29 is 9.84 Å². The molecule has 0 aliphatic heterocycles. The molecule has 0 bridgehead atoms. The van der Waals surface area contributed by atoms with Gasteiger partial charge in [-0.15, -0.1) is 24.8 Å². The van der Waals surface area contributed by atoms with Crippen LogP contribution in [0, 0.1) is 0 Å². The number of halogens is 2. The van der Waals surface area contributed by atoms with Crippen molar-refractivity contribution in [2.45, 2.75) is 38.8 Å². The molecule has 4 nitrogen and oxygen atoms in total. The molecule has 6 heteroatoms. The summed E-state index contributed by atoms with van der Waals surface area (Å²) in [7, 11) is 0. The zero-order valence-corrected chi connectivity index (χ0v) is 18.4. The molecule has 0 aliphatic rings. The van der Waals surface area contributed by atoms with Crippen LogP contribution >= 0.6 is 24.8 Å². The van der Waals surface area contributed by atoms with E-state index in [-0.39, 0.29) is 24.8 Å². The Morgan fingerprint density at radius 3 is 2.00 bits per heavy atom. The fourth-order valence-corrected chi connectivity index (χ4v) is 2.61. The Balaban J connectivity index is 0.00000364. The Labute approximate surface area is 181 Å². The van der Waals surface area contributed by atoms with Crippen LogP contribution in [-0.4, -0.2) is 43.5 Å². The zero-order chi connectivity index (χ0) is 18.6. The molecule has 28 heavy (non-hydrogen) atoms. The van der Waals surface area contributed by atoms with Gasteiger partial charge in [-0.05, 0) is 49.2 Å². The summed E-state index contributed by atoms with van der Waals surface area (Å²) in [5.74, 6) is 0.800. The summed E-state index contributed by atoms with van der Waals surface area (Å²) in [6, 6.07) is 19.0. The van der Waals surface area contributed by atoms with E-state index in [1.807, 2.05) is 18.2 Å². The molecule has 0 saturated heterocycles. The largest absolute Gasteiger partial charge is 0.491 e. The molecule has 0 saturated carbocycles. The van der Waals surface area contributed by atoms with E-state index in [1.54, 1.807) is 0 Å². The Morgan fingerprint density at radius 2 is 1.43 bits per heavy atom. The van der Waals surface area contributed by atoms with Gasteiger partial charge < -0.3 is 20.5 Å². The second-order valence-corrected chi connectivity index (χ2v) is 6.91. The van der Waals surface area contributed by atoms with Gasteiger partial charge in [-0.1, -0.05) is 56.3 Å². The van der Waals surface area contributed by atoms with Gasteiger partial charge in [0.05, 0.1) is 0 Å². The van der Waals surface area contributed by atoms with E-state index in [0.29, 0.717) is 19.2 Å². The number of nitrogens with one attached hydrogen (secondary N) is 2. The molecule has 1 atom stereocenters. The Kier molecular flexibility index (Phi) is 14.9. The monoisotopic (exact) mass is 428 g/mol. The molecule has 158 valence electrons. The van der Waals surface area contributed by atoms with Crippen LogP contribution in [0.1, 0.15) is 25.0 Å². The third-order valence-electron chi connectivity index (χ3n) is 4.15. The van der Waals surface area contributed by atoms with Crippen LogP contribution in [0.5, 0.6) is 5.75 Å². The number of rotatable bonds is 12. The highest BCUT2D eigenvalue weighted by Gasteiger charge is 2.06. The van der Waals surface area contributed by atoms with E-state index < -0.39 is 6.10 Å². The van der Waals surface area contributed by atoms with Gasteiger partial charge in [0.1, 0.15) is 18.5 Å². The summed E-state index contributed by atoms with van der Waals surface area (Å²) < 4.78 is 5.64. The molecular formula is C22H34Cl2N2O2. The molecule has 0 radical (unpaired) electrons. The van der Waals surface area contributed by atoms with Crippen molar-refractivity contribution in [3.8, 4) is 5.75 Å². The van der Waals surface area contributed by atoms with Crippen LogP contribution in [0.3, 0.4) is 0 Å². The third-order valence-corrected chi connectivity index (χ3v) is 4.15. The maximum Gasteiger partial charge on any atom is 0.119 e. The SMILES string of the molecule is CC(C)NCC(O)COc1ccc(CCNCCc2ccccc2)cc1.Cl.Cl. The predicted molar refractivity (Wildman–Crippen MR) is 122 cm³/mol. The lowest BCUT2D eigenvalue weighted by Crippen LogP contribution is -2.35. The van der Waals surface area contributed by atoms with Gasteiger partial charge in [-0.3, -0.25) is 0 Å². The van der Waals surface area contributed by atoms with E-state index in [2.05, 4.69) is 60.9 Å². The van der Waals surface area contributed by atoms with Crippen LogP contribution < -0.4 is 15.4 Å². The van der Waals surface area contributed by atoms with E-state index in [1.165, 1.54) is 11.1 Å². The molecule has 0 fully saturated rings. The third kappa shape index (κ3) is 11.5. The van der Waals surface area contributed by atoms with Crippen molar-refractivity contribution in [2.75, 3.05) is 26.2 Å². The summed E-state index contributed by atoms with van der Waals surface area (Å²) in [4.78, 5) is 0. The summed E-state index contributed by atoms with van der Waals surface area (Å²) >= 11 is 0. The van der Waals surface area contributed by atoms with Gasteiger partial charge in [0.2, 0.25) is 0 Å². The number of hydrogen-bond donors (Lipinski definition) is 3. The molecule has 2 aromatic carbocycles. The first-order valence-electron chi connectivity index (χ1n) is 9.51. The highest BCUT2D eigenvalue weighted by Crippen LogP contribution is 2.12. The van der Waals surface area contributed by atoms with Gasteiger partial charge in [0, 0.05) is 12.6 Å². The minimum atomic E-state index is -0.495. The molecule has 1 unspecified atom stereocenters. The first-order valence-corrected chi connectivity index (χ1v) is 9.51. The fourth-order valence-electron chi connectivity index (χ4n) is 2.61. The van der Waals surface area contributed by atoms with Crippen LogP contribution in [0.4, 0.5) is 0 Å². The molecule has 2 rings (SSSR count). The first-order chi connectivity index (χ1) is 12.6. The standard InChI is InChI=1S/C22H32N2O2.2ClH/c1-18(2)24-16-21(25)17-26-22-10-8-20(9-11-22)13-15-23-14-12-19-6-4-3-5-7-19;;/h3-11,18,21,23-25H,12-17H2,1-2H3;2*1H. The summed E-state index contributed by atoms with van der Waals surface area (Å²) in [6.45, 7) is 6.93. The number of ether oxygens (including phenoxy) is 1. The Morgan fingerprint density at radius 1 is 0.857 bits per heavy atom. The summed E-state index contributed by atoms with van der Waals surface area (Å²) in [6.07, 6.45) is 1.56. The van der Waals surface area contributed by atoms with Gasteiger partial charge in [-0.2, -0.15) is 0 Å². The van der Waals surface area contributed by atoms with Crippen LogP contribution in [0.25, 0.3) is 0 Å². The van der Waals surface area contributed by atoms with Gasteiger partial charge in [0.15, 0.2) is 0 Å². The minimum absolute atomic E-state index is 0. The van der Waals surface area contributed by atoms with Crippen LogP contribution in [-0.2, 0) is 12.8 Å². The lowest BCUT2D eigenvalue weighted by atomic mass is 10.1. The second-order valence-electron chi connectivity index (χ2n) is 6.91. The zero-order valence-electron chi connectivity index (χ0n) is 16.8. The highest BCUT2D eigenvalue weighted by atomic mass is 35.5. The first kappa shape index (κ1) is 26.7. The number of hydrogen-bond acceptors (Lipinski definition) is 4. The quantitative estimate of drug-likeness (QED) is 0.451. The van der Waals surface area contributed by atoms with Crippen molar-refractivity contribution in [2.24, 2.45) is 0 Å². The summed E-state index contributed by atoms with van der Waals surface area (Å²) in [5, 5.41) is 16.6. The average Bonchev–Trinajstić information content (AvgIpc) is 2.66. The van der Waals surface area contributed by atoms with Crippen molar-refractivity contribution >= 4 is 24.8 Å². The number of benzene rings is 2. The van der Waals surface area contributed by atoms with E-state index in [0.717, 1.165) is 31.7 Å². The molecule has 0 aromatic heterocycles. The molecule has 0 spiro atoms. The summed E-state index contributed by atoms with van der Waals surface area (Å²) in [5.41, 5.74) is 2.65. The molecule has 2 aromatic rings. The fraction of sp³-hybridized carbons (Fsp3) is 0.455. The van der Waals surface area contributed by atoms with Gasteiger partial charge in [0.25, 0.3) is 0 Å². The maximum absolute atomic E-state index is 9.87. The van der Waals surface area contributed by atoms with Crippen molar-refractivity contribution in [3.63, 3.8) is 0 Å². The maximum atomic E-state index is 9.87. The molecular weight excluding hydrogens is 395 g/mol. The van der Waals surface area contributed by atoms with E-state index >= 15 is 0 Å².